The Balaban J connectivity index is 0.000000204. The zero-order chi connectivity index (χ0) is 14.6. The summed E-state index contributed by atoms with van der Waals surface area (Å²) in [7, 11) is 0. The molecule has 20 heavy (non-hydrogen) atoms. The summed E-state index contributed by atoms with van der Waals surface area (Å²) in [6.45, 7) is 3.89. The van der Waals surface area contributed by atoms with E-state index in [4.69, 9.17) is 16.2 Å². The molecular weight excluding hydrogens is 250 g/mol. The van der Waals surface area contributed by atoms with Gasteiger partial charge in [0.15, 0.2) is 0 Å². The summed E-state index contributed by atoms with van der Waals surface area (Å²) in [5.41, 5.74) is 13.0. The standard InChI is InChI=1S/C9H13NO.C7H10N2/c1-8-3-2-4-9(7-8)11-6-5-10;8-4-3-7-2-1-5-9-6-7/h2-4,7H,5-6,10H2,1H3;1-2,5-6H,3-4,8H2. The van der Waals surface area contributed by atoms with Gasteiger partial charge >= 0.3 is 0 Å². The fourth-order valence-corrected chi connectivity index (χ4v) is 1.59. The first-order valence-electron chi connectivity index (χ1n) is 6.74. The lowest BCUT2D eigenvalue weighted by Gasteiger charge is -2.03. The van der Waals surface area contributed by atoms with Crippen molar-refractivity contribution in [3.8, 4) is 5.75 Å². The van der Waals surface area contributed by atoms with E-state index in [-0.39, 0.29) is 0 Å². The number of nitrogens with two attached hydrogens (primary N) is 2. The molecule has 0 saturated heterocycles. The van der Waals surface area contributed by atoms with Crippen LogP contribution in [0.25, 0.3) is 0 Å². The minimum absolute atomic E-state index is 0.563. The van der Waals surface area contributed by atoms with E-state index >= 15 is 0 Å². The molecule has 0 amide bonds. The van der Waals surface area contributed by atoms with Crippen LogP contribution in [0.4, 0.5) is 0 Å². The van der Waals surface area contributed by atoms with Crippen LogP contribution < -0.4 is 16.2 Å². The van der Waals surface area contributed by atoms with Crippen LogP contribution in [-0.4, -0.2) is 24.7 Å². The third kappa shape index (κ3) is 6.87. The highest BCUT2D eigenvalue weighted by atomic mass is 16.5. The van der Waals surface area contributed by atoms with E-state index in [9.17, 15) is 0 Å². The molecule has 0 saturated carbocycles. The molecule has 0 unspecified atom stereocenters. The first-order valence-corrected chi connectivity index (χ1v) is 6.74. The number of hydrogen-bond acceptors (Lipinski definition) is 4. The SMILES string of the molecule is Cc1cccc(OCCN)c1.NCCc1cccnc1. The van der Waals surface area contributed by atoms with Crippen molar-refractivity contribution in [2.24, 2.45) is 11.5 Å². The molecule has 0 aliphatic carbocycles. The van der Waals surface area contributed by atoms with E-state index in [1.807, 2.05) is 49.5 Å². The van der Waals surface area contributed by atoms with Crippen molar-refractivity contribution in [2.75, 3.05) is 19.7 Å². The van der Waals surface area contributed by atoms with Crippen LogP contribution in [0.1, 0.15) is 11.1 Å². The molecular formula is C16H23N3O. The summed E-state index contributed by atoms with van der Waals surface area (Å²) in [4.78, 5) is 3.95. The second-order valence-corrected chi connectivity index (χ2v) is 4.35. The highest BCUT2D eigenvalue weighted by Gasteiger charge is 1.90. The average Bonchev–Trinajstić information content (AvgIpc) is 2.47. The number of benzene rings is 1. The maximum absolute atomic E-state index is 5.33. The van der Waals surface area contributed by atoms with E-state index < -0.39 is 0 Å². The summed E-state index contributed by atoms with van der Waals surface area (Å²) in [5, 5.41) is 0. The van der Waals surface area contributed by atoms with Crippen molar-refractivity contribution in [3.05, 3.63) is 59.9 Å². The van der Waals surface area contributed by atoms with Gasteiger partial charge in [0.1, 0.15) is 12.4 Å². The maximum atomic E-state index is 5.33. The van der Waals surface area contributed by atoms with E-state index in [1.54, 1.807) is 6.20 Å². The molecule has 0 bridgehead atoms. The van der Waals surface area contributed by atoms with Gasteiger partial charge in [-0.2, -0.15) is 0 Å². The first kappa shape index (κ1) is 16.1. The Bertz CT molecular complexity index is 474. The Morgan fingerprint density at radius 1 is 1.10 bits per heavy atom. The van der Waals surface area contributed by atoms with Crippen LogP contribution in [-0.2, 0) is 6.42 Å². The number of rotatable bonds is 5. The van der Waals surface area contributed by atoms with E-state index in [0.717, 1.165) is 12.2 Å². The van der Waals surface area contributed by atoms with Crippen molar-refractivity contribution in [1.82, 2.24) is 4.98 Å². The Morgan fingerprint density at radius 3 is 2.55 bits per heavy atom. The van der Waals surface area contributed by atoms with Gasteiger partial charge in [0.2, 0.25) is 0 Å². The summed E-state index contributed by atoms with van der Waals surface area (Å²) >= 11 is 0. The highest BCUT2D eigenvalue weighted by molar-refractivity contribution is 5.27. The van der Waals surface area contributed by atoms with Gasteiger partial charge in [-0.1, -0.05) is 18.2 Å². The number of hydrogen-bond donors (Lipinski definition) is 2. The molecule has 108 valence electrons. The molecule has 0 atom stereocenters. The molecule has 1 heterocycles. The van der Waals surface area contributed by atoms with Crippen LogP contribution >= 0.6 is 0 Å². The van der Waals surface area contributed by atoms with Gasteiger partial charge in [-0.3, -0.25) is 4.98 Å². The zero-order valence-corrected chi connectivity index (χ0v) is 12.0. The lowest BCUT2D eigenvalue weighted by atomic mass is 10.2. The van der Waals surface area contributed by atoms with Crippen molar-refractivity contribution in [1.29, 1.82) is 0 Å². The molecule has 2 rings (SSSR count). The summed E-state index contributed by atoms with van der Waals surface area (Å²) < 4.78 is 5.31. The van der Waals surface area contributed by atoms with Crippen molar-refractivity contribution in [3.63, 3.8) is 0 Å². The predicted octanol–water partition coefficient (Wildman–Crippen LogP) is 1.92. The molecule has 0 aliphatic heterocycles. The van der Waals surface area contributed by atoms with Crippen LogP contribution in [0.3, 0.4) is 0 Å². The van der Waals surface area contributed by atoms with Crippen LogP contribution in [0.2, 0.25) is 0 Å². The molecule has 0 spiro atoms. The van der Waals surface area contributed by atoms with Gasteiger partial charge < -0.3 is 16.2 Å². The summed E-state index contributed by atoms with van der Waals surface area (Å²) in [6, 6.07) is 11.9. The van der Waals surface area contributed by atoms with Crippen molar-refractivity contribution < 1.29 is 4.74 Å². The number of aromatic nitrogens is 1. The Hall–Kier alpha value is -1.91. The lowest BCUT2D eigenvalue weighted by Crippen LogP contribution is -2.10. The molecule has 0 aliphatic rings. The topological polar surface area (TPSA) is 74.2 Å². The van der Waals surface area contributed by atoms with Gasteiger partial charge in [-0.15, -0.1) is 0 Å². The fourth-order valence-electron chi connectivity index (χ4n) is 1.59. The van der Waals surface area contributed by atoms with Crippen LogP contribution in [0.5, 0.6) is 5.75 Å². The van der Waals surface area contributed by atoms with Gasteiger partial charge in [-0.05, 0) is 49.2 Å². The number of ether oxygens (including phenoxy) is 1. The normalized spacial score (nSPS) is 9.55. The minimum Gasteiger partial charge on any atom is -0.492 e. The quantitative estimate of drug-likeness (QED) is 0.872. The van der Waals surface area contributed by atoms with Gasteiger partial charge in [-0.25, -0.2) is 0 Å². The molecule has 0 radical (unpaired) electrons. The smallest absolute Gasteiger partial charge is 0.119 e. The van der Waals surface area contributed by atoms with E-state index in [0.29, 0.717) is 19.7 Å². The molecule has 1 aromatic carbocycles. The number of aryl methyl sites for hydroxylation is 1. The third-order valence-electron chi connectivity index (χ3n) is 2.53. The second kappa shape index (κ2) is 9.95. The van der Waals surface area contributed by atoms with E-state index in [2.05, 4.69) is 4.98 Å². The lowest BCUT2D eigenvalue weighted by molar-refractivity contribution is 0.328. The largest absolute Gasteiger partial charge is 0.492 e. The fraction of sp³-hybridized carbons (Fsp3) is 0.312. The number of nitrogens with zero attached hydrogens (tertiary/aromatic N) is 1. The zero-order valence-electron chi connectivity index (χ0n) is 12.0. The van der Waals surface area contributed by atoms with Gasteiger partial charge in [0.25, 0.3) is 0 Å². The Morgan fingerprint density at radius 2 is 1.95 bits per heavy atom. The molecule has 2 aromatic rings. The molecule has 4 nitrogen and oxygen atoms in total. The Labute approximate surface area is 120 Å². The number of pyridine rings is 1. The van der Waals surface area contributed by atoms with Gasteiger partial charge in [0, 0.05) is 18.9 Å². The molecule has 4 heteroatoms. The monoisotopic (exact) mass is 273 g/mol. The van der Waals surface area contributed by atoms with Crippen molar-refractivity contribution in [2.45, 2.75) is 13.3 Å². The average molecular weight is 273 g/mol. The molecule has 1 aromatic heterocycles. The summed E-state index contributed by atoms with van der Waals surface area (Å²) in [6.07, 6.45) is 4.53. The third-order valence-corrected chi connectivity index (χ3v) is 2.53. The first-order chi connectivity index (χ1) is 9.76. The van der Waals surface area contributed by atoms with E-state index in [1.165, 1.54) is 11.1 Å². The molecule has 0 fully saturated rings. The highest BCUT2D eigenvalue weighted by Crippen LogP contribution is 2.11. The minimum atomic E-state index is 0.563. The Kier molecular flexibility index (Phi) is 8.03. The van der Waals surface area contributed by atoms with Gasteiger partial charge in [0.05, 0.1) is 0 Å². The summed E-state index contributed by atoms with van der Waals surface area (Å²) in [5.74, 6) is 0.899. The maximum Gasteiger partial charge on any atom is 0.119 e. The van der Waals surface area contributed by atoms with Crippen molar-refractivity contribution >= 4 is 0 Å². The predicted molar refractivity (Wildman–Crippen MR) is 82.7 cm³/mol. The molecule has 4 N–H and O–H groups in total. The van der Waals surface area contributed by atoms with Crippen LogP contribution in [0.15, 0.2) is 48.8 Å². The van der Waals surface area contributed by atoms with Crippen LogP contribution in [0, 0.1) is 6.92 Å². The second-order valence-electron chi connectivity index (χ2n) is 4.35.